The van der Waals surface area contributed by atoms with Crippen LogP contribution in [0, 0.1) is 5.92 Å². The van der Waals surface area contributed by atoms with Crippen molar-refractivity contribution in [2.45, 2.75) is 38.4 Å². The van der Waals surface area contributed by atoms with E-state index in [1.165, 1.54) is 18.4 Å². The molecular weight excluding hydrogens is 270 g/mol. The second-order valence-corrected chi connectivity index (χ2v) is 7.33. The molecule has 0 aromatic heterocycles. The minimum absolute atomic E-state index is 0.0889. The number of carbonyl (C=O) groups is 1. The molecule has 2 rings (SSSR count). The molecule has 1 aromatic rings. The van der Waals surface area contributed by atoms with Crippen molar-refractivity contribution >= 4 is 16.7 Å². The summed E-state index contributed by atoms with van der Waals surface area (Å²) in [6.07, 6.45) is 2.43. The van der Waals surface area contributed by atoms with Crippen molar-refractivity contribution in [3.05, 3.63) is 35.4 Å². The van der Waals surface area contributed by atoms with Gasteiger partial charge in [0.15, 0.2) is 0 Å². The van der Waals surface area contributed by atoms with Crippen LogP contribution in [0.2, 0.25) is 0 Å². The van der Waals surface area contributed by atoms with Crippen LogP contribution in [0.5, 0.6) is 0 Å². The van der Waals surface area contributed by atoms with E-state index in [4.69, 9.17) is 0 Å². The topological polar surface area (TPSA) is 46.2 Å². The highest BCUT2D eigenvalue weighted by molar-refractivity contribution is 7.84. The van der Waals surface area contributed by atoms with Gasteiger partial charge in [-0.05, 0) is 35.8 Å². The number of rotatable bonds is 7. The normalized spacial score (nSPS) is 16.1. The average molecular weight is 293 g/mol. The molecule has 4 heteroatoms. The summed E-state index contributed by atoms with van der Waals surface area (Å²) in [5.74, 6) is 1.64. The lowest BCUT2D eigenvalue weighted by Crippen LogP contribution is -2.30. The number of benzene rings is 1. The van der Waals surface area contributed by atoms with E-state index in [1.807, 2.05) is 12.1 Å². The third kappa shape index (κ3) is 5.08. The highest BCUT2D eigenvalue weighted by atomic mass is 32.2. The third-order valence-electron chi connectivity index (χ3n) is 3.55. The summed E-state index contributed by atoms with van der Waals surface area (Å²) in [5, 5.41) is 2.85. The SMILES string of the molecule is CC(C)c1ccc(CS(=O)CC(=O)NCC2CC2)cc1. The minimum Gasteiger partial charge on any atom is -0.355 e. The smallest absolute Gasteiger partial charge is 0.232 e. The molecule has 1 unspecified atom stereocenters. The third-order valence-corrected chi connectivity index (χ3v) is 4.79. The second-order valence-electron chi connectivity index (χ2n) is 5.87. The summed E-state index contributed by atoms with van der Waals surface area (Å²) in [5.41, 5.74) is 2.31. The number of hydrogen-bond acceptors (Lipinski definition) is 2. The Balaban J connectivity index is 1.76. The summed E-state index contributed by atoms with van der Waals surface area (Å²) in [7, 11) is -1.12. The molecule has 0 radical (unpaired) electrons. The van der Waals surface area contributed by atoms with E-state index < -0.39 is 10.8 Å². The van der Waals surface area contributed by atoms with Gasteiger partial charge in [0.2, 0.25) is 5.91 Å². The van der Waals surface area contributed by atoms with Gasteiger partial charge in [0.1, 0.15) is 5.75 Å². The maximum absolute atomic E-state index is 12.0. The fourth-order valence-electron chi connectivity index (χ4n) is 2.01. The van der Waals surface area contributed by atoms with Gasteiger partial charge < -0.3 is 5.32 Å². The Hall–Kier alpha value is -1.16. The van der Waals surface area contributed by atoms with Gasteiger partial charge in [-0.1, -0.05) is 38.1 Å². The number of carbonyl (C=O) groups excluding carboxylic acids is 1. The van der Waals surface area contributed by atoms with Crippen molar-refractivity contribution in [1.82, 2.24) is 5.32 Å². The van der Waals surface area contributed by atoms with Crippen LogP contribution in [0.15, 0.2) is 24.3 Å². The molecule has 1 aliphatic rings. The molecule has 1 saturated carbocycles. The molecule has 1 atom stereocenters. The van der Waals surface area contributed by atoms with E-state index in [1.54, 1.807) is 0 Å². The first kappa shape index (κ1) is 15.2. The van der Waals surface area contributed by atoms with Crippen molar-refractivity contribution < 1.29 is 9.00 Å². The van der Waals surface area contributed by atoms with Crippen molar-refractivity contribution in [3.63, 3.8) is 0 Å². The molecule has 1 fully saturated rings. The maximum Gasteiger partial charge on any atom is 0.232 e. The molecule has 1 amide bonds. The van der Waals surface area contributed by atoms with Crippen molar-refractivity contribution in [1.29, 1.82) is 0 Å². The molecule has 0 spiro atoms. The van der Waals surface area contributed by atoms with E-state index in [2.05, 4.69) is 31.3 Å². The van der Waals surface area contributed by atoms with Crippen LogP contribution < -0.4 is 5.32 Å². The van der Waals surface area contributed by atoms with E-state index in [9.17, 15) is 9.00 Å². The fraction of sp³-hybridized carbons (Fsp3) is 0.562. The van der Waals surface area contributed by atoms with Gasteiger partial charge in [-0.25, -0.2) is 0 Å². The molecule has 1 N–H and O–H groups in total. The zero-order valence-electron chi connectivity index (χ0n) is 12.2. The van der Waals surface area contributed by atoms with E-state index in [-0.39, 0.29) is 11.7 Å². The molecule has 1 aliphatic carbocycles. The molecule has 3 nitrogen and oxygen atoms in total. The van der Waals surface area contributed by atoms with E-state index in [0.29, 0.717) is 17.6 Å². The lowest BCUT2D eigenvalue weighted by molar-refractivity contribution is -0.118. The fourth-order valence-corrected chi connectivity index (χ4v) is 3.07. The Bertz CT molecular complexity index is 478. The Labute approximate surface area is 123 Å². The van der Waals surface area contributed by atoms with Crippen LogP contribution in [-0.2, 0) is 21.3 Å². The first-order valence-electron chi connectivity index (χ1n) is 7.25. The lowest BCUT2D eigenvalue weighted by Gasteiger charge is -2.07. The van der Waals surface area contributed by atoms with Crippen molar-refractivity contribution in [2.75, 3.05) is 12.3 Å². The van der Waals surface area contributed by atoms with Crippen LogP contribution >= 0.6 is 0 Å². The zero-order valence-corrected chi connectivity index (χ0v) is 13.0. The van der Waals surface area contributed by atoms with E-state index in [0.717, 1.165) is 12.1 Å². The van der Waals surface area contributed by atoms with Crippen LogP contribution in [-0.4, -0.2) is 22.4 Å². The molecule has 20 heavy (non-hydrogen) atoms. The Morgan fingerprint density at radius 3 is 2.50 bits per heavy atom. The number of hydrogen-bond donors (Lipinski definition) is 1. The summed E-state index contributed by atoms with van der Waals surface area (Å²) in [4.78, 5) is 11.6. The van der Waals surface area contributed by atoms with Crippen molar-refractivity contribution in [2.24, 2.45) is 5.92 Å². The molecule has 0 heterocycles. The quantitative estimate of drug-likeness (QED) is 0.840. The number of nitrogens with one attached hydrogen (secondary N) is 1. The summed E-state index contributed by atoms with van der Waals surface area (Å²) in [6.45, 7) is 5.05. The average Bonchev–Trinajstić information content (AvgIpc) is 3.21. The highest BCUT2D eigenvalue weighted by Gasteiger charge is 2.21. The largest absolute Gasteiger partial charge is 0.355 e. The van der Waals surface area contributed by atoms with Crippen LogP contribution in [0.4, 0.5) is 0 Å². The molecule has 0 aliphatic heterocycles. The molecule has 0 saturated heterocycles. The Morgan fingerprint density at radius 2 is 1.95 bits per heavy atom. The van der Waals surface area contributed by atoms with Gasteiger partial charge in [-0.15, -0.1) is 0 Å². The van der Waals surface area contributed by atoms with Crippen molar-refractivity contribution in [3.8, 4) is 0 Å². The van der Waals surface area contributed by atoms with E-state index >= 15 is 0 Å². The highest BCUT2D eigenvalue weighted by Crippen LogP contribution is 2.27. The molecule has 0 bridgehead atoms. The van der Waals surface area contributed by atoms with Crippen LogP contribution in [0.25, 0.3) is 0 Å². The van der Waals surface area contributed by atoms with Crippen LogP contribution in [0.1, 0.15) is 43.7 Å². The van der Waals surface area contributed by atoms with Gasteiger partial charge >= 0.3 is 0 Å². The van der Waals surface area contributed by atoms with Crippen LogP contribution in [0.3, 0.4) is 0 Å². The molecule has 110 valence electrons. The first-order chi connectivity index (χ1) is 9.54. The molecule has 1 aromatic carbocycles. The summed E-state index contributed by atoms with van der Waals surface area (Å²) in [6, 6.07) is 8.17. The maximum atomic E-state index is 12.0. The van der Waals surface area contributed by atoms with Gasteiger partial charge in [0, 0.05) is 23.1 Å². The number of amides is 1. The predicted molar refractivity (Wildman–Crippen MR) is 83.0 cm³/mol. The summed E-state index contributed by atoms with van der Waals surface area (Å²) < 4.78 is 12.0. The van der Waals surface area contributed by atoms with Gasteiger partial charge in [-0.2, -0.15) is 0 Å². The summed E-state index contributed by atoms with van der Waals surface area (Å²) >= 11 is 0. The van der Waals surface area contributed by atoms with Gasteiger partial charge in [-0.3, -0.25) is 9.00 Å². The monoisotopic (exact) mass is 293 g/mol. The van der Waals surface area contributed by atoms with Gasteiger partial charge in [0.25, 0.3) is 0 Å². The zero-order chi connectivity index (χ0) is 14.5. The second kappa shape index (κ2) is 7.02. The Morgan fingerprint density at radius 1 is 1.30 bits per heavy atom. The molecular formula is C16H23NO2S. The Kier molecular flexibility index (Phi) is 5.35. The minimum atomic E-state index is -1.12. The van der Waals surface area contributed by atoms with Gasteiger partial charge in [0.05, 0.1) is 0 Å². The predicted octanol–water partition coefficient (Wildman–Crippen LogP) is 2.58. The lowest BCUT2D eigenvalue weighted by atomic mass is 10.0. The standard InChI is InChI=1S/C16H23NO2S/c1-12(2)15-7-5-14(6-8-15)10-20(19)11-16(18)17-9-13-3-4-13/h5-8,12-13H,3-4,9-11H2,1-2H3,(H,17,18). The first-order valence-corrected chi connectivity index (χ1v) is 8.74.